The highest BCUT2D eigenvalue weighted by molar-refractivity contribution is 6.08. The molecule has 34 heavy (non-hydrogen) atoms. The first-order chi connectivity index (χ1) is 16.4. The first kappa shape index (κ1) is 22.4. The summed E-state index contributed by atoms with van der Waals surface area (Å²) in [6.45, 7) is 2.00. The van der Waals surface area contributed by atoms with Gasteiger partial charge in [0, 0.05) is 23.5 Å². The number of primary amides is 2. The van der Waals surface area contributed by atoms with Gasteiger partial charge in [0.2, 0.25) is 0 Å². The number of benzene rings is 2. The van der Waals surface area contributed by atoms with Crippen LogP contribution in [0.4, 0.5) is 11.4 Å². The number of aromatic nitrogens is 2. The van der Waals surface area contributed by atoms with E-state index in [0.717, 1.165) is 11.1 Å². The molecule has 0 aliphatic rings. The summed E-state index contributed by atoms with van der Waals surface area (Å²) in [6, 6.07) is 15.5. The van der Waals surface area contributed by atoms with E-state index in [1.165, 1.54) is 12.4 Å². The Morgan fingerprint density at radius 3 is 2.47 bits per heavy atom. The minimum absolute atomic E-state index is 0.151. The molecular weight excluding hydrogens is 434 g/mol. The standard InChI is InChI=1S/C25H21N5O4/c1-2-34-25(33)16-4-3-5-17(10-16)30-22-18-7-6-14(11-20(18)29-13-19(22)23(26)31)15-8-9-28-21(12-15)24(27)32/h3-13H,2H2,1H3,(H2,26,31)(H2,27,32)(H,29,30). The van der Waals surface area contributed by atoms with E-state index >= 15 is 0 Å². The largest absolute Gasteiger partial charge is 0.462 e. The normalized spacial score (nSPS) is 10.6. The lowest BCUT2D eigenvalue weighted by molar-refractivity contribution is 0.0526. The molecule has 0 atom stereocenters. The molecule has 0 bridgehead atoms. The Labute approximate surface area is 194 Å². The summed E-state index contributed by atoms with van der Waals surface area (Å²) in [5, 5.41) is 3.84. The van der Waals surface area contributed by atoms with Gasteiger partial charge < -0.3 is 21.5 Å². The van der Waals surface area contributed by atoms with E-state index in [1.54, 1.807) is 49.4 Å². The molecule has 0 saturated carbocycles. The number of carbonyl (C=O) groups is 3. The molecule has 0 fully saturated rings. The van der Waals surface area contributed by atoms with Crippen molar-refractivity contribution in [3.05, 3.63) is 83.8 Å². The number of hydrogen-bond acceptors (Lipinski definition) is 7. The number of ether oxygens (including phenoxy) is 1. The number of nitrogens with two attached hydrogens (primary N) is 2. The predicted octanol–water partition coefficient (Wildman–Crippen LogP) is 3.41. The van der Waals surface area contributed by atoms with E-state index in [9.17, 15) is 14.4 Å². The molecule has 0 aliphatic heterocycles. The monoisotopic (exact) mass is 455 g/mol. The number of hydrogen-bond donors (Lipinski definition) is 3. The van der Waals surface area contributed by atoms with Crippen LogP contribution in [-0.4, -0.2) is 34.4 Å². The third kappa shape index (κ3) is 4.53. The van der Waals surface area contributed by atoms with Gasteiger partial charge in [0.1, 0.15) is 5.69 Å². The van der Waals surface area contributed by atoms with Gasteiger partial charge in [-0.1, -0.05) is 18.2 Å². The van der Waals surface area contributed by atoms with Crippen LogP contribution >= 0.6 is 0 Å². The molecule has 170 valence electrons. The minimum atomic E-state index is -0.650. The van der Waals surface area contributed by atoms with Crippen LogP contribution in [0, 0.1) is 0 Å². The molecule has 2 amide bonds. The lowest BCUT2D eigenvalue weighted by atomic mass is 10.0. The van der Waals surface area contributed by atoms with Gasteiger partial charge >= 0.3 is 5.97 Å². The number of amides is 2. The maximum absolute atomic E-state index is 12.1. The van der Waals surface area contributed by atoms with Crippen LogP contribution in [0.3, 0.4) is 0 Å². The second-order valence-electron chi connectivity index (χ2n) is 7.36. The topological polar surface area (TPSA) is 150 Å². The van der Waals surface area contributed by atoms with Crippen molar-refractivity contribution in [3.8, 4) is 11.1 Å². The predicted molar refractivity (Wildman–Crippen MR) is 128 cm³/mol. The van der Waals surface area contributed by atoms with Gasteiger partial charge in [-0.05, 0) is 54.4 Å². The Hall–Kier alpha value is -4.79. The maximum atomic E-state index is 12.1. The second kappa shape index (κ2) is 9.37. The van der Waals surface area contributed by atoms with E-state index < -0.39 is 17.8 Å². The Morgan fingerprint density at radius 2 is 1.74 bits per heavy atom. The van der Waals surface area contributed by atoms with E-state index in [2.05, 4.69) is 15.3 Å². The van der Waals surface area contributed by atoms with Gasteiger partial charge in [0.25, 0.3) is 11.8 Å². The Kier molecular flexibility index (Phi) is 6.18. The molecule has 5 N–H and O–H groups in total. The molecule has 0 unspecified atom stereocenters. The zero-order chi connectivity index (χ0) is 24.2. The molecule has 9 heteroatoms. The quantitative estimate of drug-likeness (QED) is 0.361. The van der Waals surface area contributed by atoms with Crippen molar-refractivity contribution >= 4 is 40.1 Å². The maximum Gasteiger partial charge on any atom is 0.338 e. The van der Waals surface area contributed by atoms with Crippen LogP contribution < -0.4 is 16.8 Å². The van der Waals surface area contributed by atoms with E-state index in [1.807, 2.05) is 12.1 Å². The molecule has 4 rings (SSSR count). The Bertz CT molecular complexity index is 1430. The molecule has 2 heterocycles. The number of carbonyl (C=O) groups excluding carboxylic acids is 3. The van der Waals surface area contributed by atoms with Crippen molar-refractivity contribution in [3.63, 3.8) is 0 Å². The van der Waals surface area contributed by atoms with Crippen LogP contribution in [0.2, 0.25) is 0 Å². The van der Waals surface area contributed by atoms with Gasteiger partial charge in [-0.15, -0.1) is 0 Å². The minimum Gasteiger partial charge on any atom is -0.462 e. The van der Waals surface area contributed by atoms with Crippen molar-refractivity contribution in [2.75, 3.05) is 11.9 Å². The van der Waals surface area contributed by atoms with Gasteiger partial charge in [-0.3, -0.25) is 19.6 Å². The number of anilines is 2. The summed E-state index contributed by atoms with van der Waals surface area (Å²) in [4.78, 5) is 44.1. The van der Waals surface area contributed by atoms with Crippen molar-refractivity contribution in [2.45, 2.75) is 6.92 Å². The van der Waals surface area contributed by atoms with Crippen molar-refractivity contribution in [2.24, 2.45) is 11.5 Å². The van der Waals surface area contributed by atoms with Crippen LogP contribution in [0.25, 0.3) is 22.0 Å². The van der Waals surface area contributed by atoms with Crippen molar-refractivity contribution < 1.29 is 19.1 Å². The molecule has 9 nitrogen and oxygen atoms in total. The molecule has 0 aliphatic carbocycles. The fourth-order valence-electron chi connectivity index (χ4n) is 3.52. The molecule has 4 aromatic rings. The van der Waals surface area contributed by atoms with E-state index in [-0.39, 0.29) is 17.9 Å². The molecule has 2 aromatic carbocycles. The average molecular weight is 455 g/mol. The summed E-state index contributed by atoms with van der Waals surface area (Å²) in [5.74, 6) is -1.72. The number of rotatable bonds is 7. The molecule has 0 saturated heterocycles. The van der Waals surface area contributed by atoms with Crippen molar-refractivity contribution in [1.82, 2.24) is 9.97 Å². The molecule has 2 aromatic heterocycles. The smallest absolute Gasteiger partial charge is 0.338 e. The number of esters is 1. The first-order valence-electron chi connectivity index (χ1n) is 10.4. The number of fused-ring (bicyclic) bond motifs is 1. The summed E-state index contributed by atoms with van der Waals surface area (Å²) < 4.78 is 5.06. The Balaban J connectivity index is 1.78. The fourth-order valence-corrected chi connectivity index (χ4v) is 3.52. The molecule has 0 spiro atoms. The number of pyridine rings is 2. The highest BCUT2D eigenvalue weighted by Gasteiger charge is 2.16. The number of nitrogens with one attached hydrogen (secondary N) is 1. The van der Waals surface area contributed by atoms with Crippen LogP contribution in [-0.2, 0) is 4.74 Å². The lowest BCUT2D eigenvalue weighted by Crippen LogP contribution is -2.14. The van der Waals surface area contributed by atoms with Gasteiger partial charge in [0.05, 0.1) is 28.9 Å². The zero-order valence-corrected chi connectivity index (χ0v) is 18.2. The van der Waals surface area contributed by atoms with Crippen LogP contribution in [0.5, 0.6) is 0 Å². The second-order valence-corrected chi connectivity index (χ2v) is 7.36. The van der Waals surface area contributed by atoms with Crippen molar-refractivity contribution in [1.29, 1.82) is 0 Å². The third-order valence-corrected chi connectivity index (χ3v) is 5.12. The lowest BCUT2D eigenvalue weighted by Gasteiger charge is -2.15. The number of nitrogens with zero attached hydrogens (tertiary/aromatic N) is 2. The molecule has 0 radical (unpaired) electrons. The molecular formula is C25H21N5O4. The summed E-state index contributed by atoms with van der Waals surface area (Å²) in [7, 11) is 0. The van der Waals surface area contributed by atoms with Crippen LogP contribution in [0.1, 0.15) is 38.1 Å². The van der Waals surface area contributed by atoms with Gasteiger partial charge in [-0.2, -0.15) is 0 Å². The Morgan fingerprint density at radius 1 is 0.941 bits per heavy atom. The summed E-state index contributed by atoms with van der Waals surface area (Å²) in [5.41, 5.74) is 14.8. The summed E-state index contributed by atoms with van der Waals surface area (Å²) >= 11 is 0. The highest BCUT2D eigenvalue weighted by atomic mass is 16.5. The van der Waals surface area contributed by atoms with E-state index in [0.29, 0.717) is 27.8 Å². The van der Waals surface area contributed by atoms with E-state index in [4.69, 9.17) is 16.2 Å². The zero-order valence-electron chi connectivity index (χ0n) is 18.2. The average Bonchev–Trinajstić information content (AvgIpc) is 2.84. The summed E-state index contributed by atoms with van der Waals surface area (Å²) in [6.07, 6.45) is 2.90. The van der Waals surface area contributed by atoms with Gasteiger partial charge in [-0.25, -0.2) is 4.79 Å². The van der Waals surface area contributed by atoms with Gasteiger partial charge in [0.15, 0.2) is 0 Å². The van der Waals surface area contributed by atoms with Crippen LogP contribution in [0.15, 0.2) is 67.0 Å². The third-order valence-electron chi connectivity index (χ3n) is 5.12. The fraction of sp³-hybridized carbons (Fsp3) is 0.0800. The first-order valence-corrected chi connectivity index (χ1v) is 10.4. The SMILES string of the molecule is CCOC(=O)c1cccc(Nc2c(C(N)=O)cnc3cc(-c4ccnc(C(N)=O)c4)ccc23)c1. The highest BCUT2D eigenvalue weighted by Crippen LogP contribution is 2.32.